The van der Waals surface area contributed by atoms with Crippen LogP contribution in [0.3, 0.4) is 0 Å². The molecule has 0 aliphatic carbocycles. The van der Waals surface area contributed by atoms with Gasteiger partial charge in [0.15, 0.2) is 0 Å². The van der Waals surface area contributed by atoms with Gasteiger partial charge in [-0.25, -0.2) is 9.48 Å². The van der Waals surface area contributed by atoms with Gasteiger partial charge in [0.05, 0.1) is 23.1 Å². The molecular formula is C30H38N4O3. The second-order valence-corrected chi connectivity index (χ2v) is 11.1. The van der Waals surface area contributed by atoms with Crippen molar-refractivity contribution in [3.05, 3.63) is 76.1 Å². The monoisotopic (exact) mass is 502 g/mol. The average Bonchev–Trinajstić information content (AvgIpc) is 3.25. The molecule has 4 rings (SSSR count). The average molecular weight is 503 g/mol. The highest BCUT2D eigenvalue weighted by Gasteiger charge is 2.32. The fraction of sp³-hybridized carbons (Fsp3) is 0.433. The van der Waals surface area contributed by atoms with Crippen LogP contribution in [-0.4, -0.2) is 45.4 Å². The van der Waals surface area contributed by atoms with Crippen molar-refractivity contribution in [1.82, 2.24) is 14.7 Å². The first kappa shape index (κ1) is 26.5. The molecule has 2 heterocycles. The van der Waals surface area contributed by atoms with Gasteiger partial charge in [-0.05, 0) is 96.2 Å². The summed E-state index contributed by atoms with van der Waals surface area (Å²) in [7, 11) is 0. The van der Waals surface area contributed by atoms with Crippen LogP contribution in [-0.2, 0) is 4.74 Å². The molecule has 3 aromatic rings. The second kappa shape index (κ2) is 10.4. The molecule has 1 aliphatic heterocycles. The lowest BCUT2D eigenvalue weighted by Crippen LogP contribution is -2.41. The molecule has 2 aromatic carbocycles. The maximum Gasteiger partial charge on any atom is 0.410 e. The van der Waals surface area contributed by atoms with E-state index in [4.69, 9.17) is 9.84 Å². The van der Waals surface area contributed by atoms with Gasteiger partial charge in [-0.2, -0.15) is 5.10 Å². The number of aryl methyl sites for hydroxylation is 4. The Labute approximate surface area is 219 Å². The second-order valence-electron chi connectivity index (χ2n) is 11.1. The van der Waals surface area contributed by atoms with Crippen LogP contribution in [0.5, 0.6) is 0 Å². The van der Waals surface area contributed by atoms with Crippen LogP contribution in [0.2, 0.25) is 0 Å². The highest BCUT2D eigenvalue weighted by atomic mass is 16.6. The summed E-state index contributed by atoms with van der Waals surface area (Å²) in [5.41, 5.74) is 7.21. The largest absolute Gasteiger partial charge is 0.444 e. The number of likely N-dealkylation sites (tertiary alicyclic amines) is 1. The van der Waals surface area contributed by atoms with Crippen LogP contribution in [0.25, 0.3) is 5.69 Å². The number of carbonyl (C=O) groups is 2. The molecular weight excluding hydrogens is 464 g/mol. The Morgan fingerprint density at radius 2 is 1.65 bits per heavy atom. The molecule has 7 nitrogen and oxygen atoms in total. The number of hydrogen-bond acceptors (Lipinski definition) is 4. The number of rotatable bonds is 4. The molecule has 0 bridgehead atoms. The summed E-state index contributed by atoms with van der Waals surface area (Å²) < 4.78 is 7.49. The summed E-state index contributed by atoms with van der Waals surface area (Å²) in [6.45, 7) is 15.0. The van der Waals surface area contributed by atoms with Crippen LogP contribution in [0.4, 0.5) is 10.5 Å². The lowest BCUT2D eigenvalue weighted by Gasteiger charge is -2.34. The molecule has 196 valence electrons. The minimum absolute atomic E-state index is 0.0717. The van der Waals surface area contributed by atoms with E-state index in [1.54, 1.807) is 11.1 Å². The van der Waals surface area contributed by atoms with E-state index in [-0.39, 0.29) is 17.9 Å². The van der Waals surface area contributed by atoms with Gasteiger partial charge in [-0.1, -0.05) is 23.8 Å². The Kier molecular flexibility index (Phi) is 7.44. The van der Waals surface area contributed by atoms with Crippen molar-refractivity contribution in [2.45, 2.75) is 72.8 Å². The van der Waals surface area contributed by atoms with Crippen LogP contribution < -0.4 is 5.32 Å². The van der Waals surface area contributed by atoms with Crippen molar-refractivity contribution in [3.63, 3.8) is 0 Å². The molecule has 1 N–H and O–H groups in total. The molecule has 0 spiro atoms. The highest BCUT2D eigenvalue weighted by Crippen LogP contribution is 2.34. The summed E-state index contributed by atoms with van der Waals surface area (Å²) in [5.74, 6) is -0.105. The van der Waals surface area contributed by atoms with Gasteiger partial charge in [0.25, 0.3) is 5.91 Å². The van der Waals surface area contributed by atoms with Crippen molar-refractivity contribution in [1.29, 1.82) is 0 Å². The number of hydrogen-bond donors (Lipinski definition) is 1. The number of amides is 2. The number of carbonyl (C=O) groups excluding carboxylic acids is 2. The molecule has 1 saturated heterocycles. The minimum Gasteiger partial charge on any atom is -0.444 e. The van der Waals surface area contributed by atoms with E-state index >= 15 is 0 Å². The van der Waals surface area contributed by atoms with E-state index in [1.165, 1.54) is 11.1 Å². The number of benzene rings is 2. The van der Waals surface area contributed by atoms with Crippen molar-refractivity contribution >= 4 is 17.7 Å². The van der Waals surface area contributed by atoms with Crippen molar-refractivity contribution < 1.29 is 14.3 Å². The van der Waals surface area contributed by atoms with E-state index < -0.39 is 5.60 Å². The molecule has 2 amide bonds. The first-order chi connectivity index (χ1) is 17.4. The normalized spacial score (nSPS) is 14.5. The maximum absolute atomic E-state index is 13.5. The van der Waals surface area contributed by atoms with E-state index in [2.05, 4.69) is 44.3 Å². The molecule has 7 heteroatoms. The van der Waals surface area contributed by atoms with Crippen molar-refractivity contribution in [3.8, 4) is 5.69 Å². The topological polar surface area (TPSA) is 76.5 Å². The minimum atomic E-state index is -0.533. The Morgan fingerprint density at radius 1 is 0.946 bits per heavy atom. The first-order valence-corrected chi connectivity index (χ1v) is 12.9. The number of piperidine rings is 1. The van der Waals surface area contributed by atoms with E-state index in [0.717, 1.165) is 41.0 Å². The Morgan fingerprint density at radius 3 is 2.27 bits per heavy atom. The van der Waals surface area contributed by atoms with Crippen molar-refractivity contribution in [2.24, 2.45) is 0 Å². The third-order valence-electron chi connectivity index (χ3n) is 6.93. The number of nitrogens with zero attached hydrogens (tertiary/aromatic N) is 3. The van der Waals surface area contributed by atoms with Gasteiger partial charge in [-0.3, -0.25) is 4.79 Å². The summed E-state index contributed by atoms with van der Waals surface area (Å²) in [6.07, 6.45) is 2.83. The summed E-state index contributed by atoms with van der Waals surface area (Å²) in [5, 5.41) is 7.77. The van der Waals surface area contributed by atoms with Gasteiger partial charge in [0.2, 0.25) is 0 Å². The molecule has 1 aromatic heterocycles. The van der Waals surface area contributed by atoms with Gasteiger partial charge in [0.1, 0.15) is 5.60 Å². The zero-order valence-electron chi connectivity index (χ0n) is 23.0. The number of nitrogens with one attached hydrogen (secondary N) is 1. The third-order valence-corrected chi connectivity index (χ3v) is 6.93. The first-order valence-electron chi connectivity index (χ1n) is 12.9. The van der Waals surface area contributed by atoms with Gasteiger partial charge < -0.3 is 15.0 Å². The van der Waals surface area contributed by atoms with Gasteiger partial charge >= 0.3 is 6.09 Å². The number of aromatic nitrogens is 2. The van der Waals surface area contributed by atoms with E-state index in [9.17, 15) is 9.59 Å². The quantitative estimate of drug-likeness (QED) is 0.443. The predicted octanol–water partition coefficient (Wildman–Crippen LogP) is 6.47. The Bertz CT molecular complexity index is 1310. The molecule has 0 atom stereocenters. The standard InChI is InChI=1S/C30H38N4O3/c1-19-8-11-26(22(4)16-19)34-27(23-12-14-33(15-13-23)29(36)37-30(5,6)7)25(18-31-34)28(35)32-24-10-9-20(2)21(3)17-24/h8-11,16-18,23H,12-15H2,1-7H3,(H,32,35). The molecule has 0 radical (unpaired) electrons. The highest BCUT2D eigenvalue weighted by molar-refractivity contribution is 6.05. The number of ether oxygens (including phenoxy) is 1. The number of anilines is 1. The predicted molar refractivity (Wildman–Crippen MR) is 147 cm³/mol. The molecule has 0 unspecified atom stereocenters. The molecule has 37 heavy (non-hydrogen) atoms. The third kappa shape index (κ3) is 6.04. The van der Waals surface area contributed by atoms with E-state index in [1.807, 2.05) is 50.6 Å². The fourth-order valence-electron chi connectivity index (χ4n) is 4.84. The van der Waals surface area contributed by atoms with Crippen LogP contribution in [0, 0.1) is 27.7 Å². The fourth-order valence-corrected chi connectivity index (χ4v) is 4.84. The lowest BCUT2D eigenvalue weighted by atomic mass is 9.90. The van der Waals surface area contributed by atoms with Crippen LogP contribution in [0.15, 0.2) is 42.6 Å². The Balaban J connectivity index is 1.65. The maximum atomic E-state index is 13.5. The SMILES string of the molecule is Cc1ccc(-n2ncc(C(=O)Nc3ccc(C)c(C)c3)c2C2CCN(C(=O)OC(C)(C)C)CC2)c(C)c1. The zero-order chi connectivity index (χ0) is 26.9. The zero-order valence-corrected chi connectivity index (χ0v) is 23.0. The van der Waals surface area contributed by atoms with Gasteiger partial charge in [0, 0.05) is 24.7 Å². The summed E-state index contributed by atoms with van der Waals surface area (Å²) in [4.78, 5) is 27.9. The van der Waals surface area contributed by atoms with Crippen LogP contribution >= 0.6 is 0 Å². The van der Waals surface area contributed by atoms with Crippen LogP contribution in [0.1, 0.15) is 77.8 Å². The Hall–Kier alpha value is -3.61. The molecule has 1 aliphatic rings. The van der Waals surface area contributed by atoms with Gasteiger partial charge in [-0.15, -0.1) is 0 Å². The lowest BCUT2D eigenvalue weighted by molar-refractivity contribution is 0.0203. The summed E-state index contributed by atoms with van der Waals surface area (Å²) in [6, 6.07) is 12.2. The van der Waals surface area contributed by atoms with Crippen molar-refractivity contribution in [2.75, 3.05) is 18.4 Å². The molecule has 1 fully saturated rings. The summed E-state index contributed by atoms with van der Waals surface area (Å²) >= 11 is 0. The van der Waals surface area contributed by atoms with E-state index in [0.29, 0.717) is 18.7 Å². The smallest absolute Gasteiger partial charge is 0.410 e. The molecule has 0 saturated carbocycles.